The summed E-state index contributed by atoms with van der Waals surface area (Å²) >= 11 is 0. The number of nitrogens with zero attached hydrogens (tertiary/aromatic N) is 4. The zero-order valence-electron chi connectivity index (χ0n) is 17.7. The maximum Gasteiger partial charge on any atom is 0.310 e. The molecule has 0 saturated heterocycles. The SMILES string of the molecule is CCOC(=O)Cc1c(C)c(Cc2nccn2Cc2ccccc2)n2cc(C#N)ccc12. The number of imidazole rings is 1. The van der Waals surface area contributed by atoms with E-state index in [1.165, 1.54) is 5.56 Å². The summed E-state index contributed by atoms with van der Waals surface area (Å²) in [6, 6.07) is 16.1. The van der Waals surface area contributed by atoms with Crippen molar-refractivity contribution in [3.8, 4) is 6.07 Å². The Balaban J connectivity index is 1.74. The molecule has 1 aromatic carbocycles. The number of rotatable bonds is 7. The van der Waals surface area contributed by atoms with Crippen molar-refractivity contribution in [1.29, 1.82) is 5.26 Å². The van der Waals surface area contributed by atoms with Crippen molar-refractivity contribution >= 4 is 11.5 Å². The van der Waals surface area contributed by atoms with Crippen LogP contribution in [0.3, 0.4) is 0 Å². The quantitative estimate of drug-likeness (QED) is 0.429. The van der Waals surface area contributed by atoms with Crippen LogP contribution in [0.4, 0.5) is 0 Å². The Hall–Kier alpha value is -3.85. The van der Waals surface area contributed by atoms with Crippen molar-refractivity contribution in [3.05, 3.63) is 94.8 Å². The van der Waals surface area contributed by atoms with Gasteiger partial charge in [0.25, 0.3) is 0 Å². The molecule has 0 spiro atoms. The molecule has 0 amide bonds. The van der Waals surface area contributed by atoms with Gasteiger partial charge in [-0.05, 0) is 42.7 Å². The summed E-state index contributed by atoms with van der Waals surface area (Å²) in [4.78, 5) is 16.8. The number of carbonyl (C=O) groups excluding carboxylic acids is 1. The Morgan fingerprint density at radius 2 is 2.00 bits per heavy atom. The Morgan fingerprint density at radius 3 is 2.74 bits per heavy atom. The highest BCUT2D eigenvalue weighted by Gasteiger charge is 2.20. The standard InChI is InChI=1S/C25H24N4O2/c1-3-31-25(30)13-21-18(2)23(29-17-20(15-26)9-10-22(21)29)14-24-27-11-12-28(24)16-19-7-5-4-6-8-19/h4-12,17H,3,13-14,16H2,1-2H3. The van der Waals surface area contributed by atoms with Crippen molar-refractivity contribution < 1.29 is 9.53 Å². The summed E-state index contributed by atoms with van der Waals surface area (Å²) < 4.78 is 9.33. The Labute approximate surface area is 181 Å². The number of ether oxygens (including phenoxy) is 1. The van der Waals surface area contributed by atoms with Gasteiger partial charge in [-0.3, -0.25) is 4.79 Å². The number of aromatic nitrogens is 3. The minimum atomic E-state index is -0.250. The van der Waals surface area contributed by atoms with E-state index >= 15 is 0 Å². The van der Waals surface area contributed by atoms with Gasteiger partial charge < -0.3 is 13.7 Å². The van der Waals surface area contributed by atoms with Gasteiger partial charge in [-0.25, -0.2) is 4.98 Å². The van der Waals surface area contributed by atoms with Crippen molar-refractivity contribution in [2.75, 3.05) is 6.61 Å². The second kappa shape index (κ2) is 8.88. The molecule has 3 aromatic heterocycles. The van der Waals surface area contributed by atoms with Crippen LogP contribution in [0.5, 0.6) is 0 Å². The van der Waals surface area contributed by atoms with Gasteiger partial charge in [0.1, 0.15) is 11.9 Å². The van der Waals surface area contributed by atoms with Crippen LogP contribution in [-0.2, 0) is 28.9 Å². The molecule has 4 aromatic rings. The van der Waals surface area contributed by atoms with E-state index in [-0.39, 0.29) is 12.4 Å². The maximum atomic E-state index is 12.2. The zero-order valence-corrected chi connectivity index (χ0v) is 17.7. The van der Waals surface area contributed by atoms with Crippen LogP contribution >= 0.6 is 0 Å². The smallest absolute Gasteiger partial charge is 0.310 e. The molecule has 0 unspecified atom stereocenters. The van der Waals surface area contributed by atoms with Crippen LogP contribution in [0.2, 0.25) is 0 Å². The summed E-state index contributed by atoms with van der Waals surface area (Å²) in [5.74, 6) is 0.677. The van der Waals surface area contributed by atoms with Crippen LogP contribution in [0, 0.1) is 18.3 Å². The number of hydrogen-bond acceptors (Lipinski definition) is 4. The maximum absolute atomic E-state index is 12.2. The van der Waals surface area contributed by atoms with Crippen molar-refractivity contribution in [3.63, 3.8) is 0 Å². The average molecular weight is 412 g/mol. The molecule has 0 aliphatic rings. The van der Waals surface area contributed by atoms with E-state index in [9.17, 15) is 10.1 Å². The van der Waals surface area contributed by atoms with Gasteiger partial charge in [-0.1, -0.05) is 30.3 Å². The van der Waals surface area contributed by atoms with Gasteiger partial charge in [0.15, 0.2) is 0 Å². The average Bonchev–Trinajstić information content (AvgIpc) is 3.32. The first-order valence-electron chi connectivity index (χ1n) is 10.3. The number of pyridine rings is 1. The lowest BCUT2D eigenvalue weighted by atomic mass is 10.1. The highest BCUT2D eigenvalue weighted by Crippen LogP contribution is 2.27. The van der Waals surface area contributed by atoms with Crippen LogP contribution in [0.1, 0.15) is 40.7 Å². The number of nitriles is 1. The summed E-state index contributed by atoms with van der Waals surface area (Å²) in [6.07, 6.45) is 6.41. The van der Waals surface area contributed by atoms with Gasteiger partial charge in [-0.2, -0.15) is 5.26 Å². The van der Waals surface area contributed by atoms with Crippen LogP contribution in [-0.4, -0.2) is 26.5 Å². The second-order valence-corrected chi connectivity index (χ2v) is 7.45. The predicted molar refractivity (Wildman–Crippen MR) is 118 cm³/mol. The molecule has 31 heavy (non-hydrogen) atoms. The van der Waals surface area contributed by atoms with E-state index in [0.29, 0.717) is 18.6 Å². The highest BCUT2D eigenvalue weighted by atomic mass is 16.5. The van der Waals surface area contributed by atoms with Crippen molar-refractivity contribution in [2.24, 2.45) is 0 Å². The number of carbonyl (C=O) groups is 1. The molecule has 4 rings (SSSR count). The fourth-order valence-electron chi connectivity index (χ4n) is 3.96. The molecule has 3 heterocycles. The molecule has 6 nitrogen and oxygen atoms in total. The minimum Gasteiger partial charge on any atom is -0.466 e. The summed E-state index contributed by atoms with van der Waals surface area (Å²) in [7, 11) is 0. The lowest BCUT2D eigenvalue weighted by molar-refractivity contribution is -0.142. The third-order valence-electron chi connectivity index (χ3n) is 5.51. The summed E-state index contributed by atoms with van der Waals surface area (Å²) in [6.45, 7) is 4.91. The first-order chi connectivity index (χ1) is 15.1. The van der Waals surface area contributed by atoms with Gasteiger partial charge in [0, 0.05) is 42.8 Å². The molecule has 0 fully saturated rings. The first kappa shape index (κ1) is 20.4. The fourth-order valence-corrected chi connectivity index (χ4v) is 3.96. The van der Waals surface area contributed by atoms with Crippen LogP contribution in [0.25, 0.3) is 5.52 Å². The molecular formula is C25H24N4O2. The van der Waals surface area contributed by atoms with E-state index in [0.717, 1.165) is 34.7 Å². The van der Waals surface area contributed by atoms with Gasteiger partial charge in [-0.15, -0.1) is 0 Å². The molecule has 0 bridgehead atoms. The number of fused-ring (bicyclic) bond motifs is 1. The molecule has 156 valence electrons. The third kappa shape index (κ3) is 4.22. The van der Waals surface area contributed by atoms with Gasteiger partial charge in [0.2, 0.25) is 0 Å². The molecule has 0 aliphatic carbocycles. The van der Waals surface area contributed by atoms with E-state index in [4.69, 9.17) is 4.74 Å². The van der Waals surface area contributed by atoms with E-state index in [1.54, 1.807) is 13.0 Å². The molecule has 0 aliphatic heterocycles. The molecule has 0 N–H and O–H groups in total. The van der Waals surface area contributed by atoms with Crippen molar-refractivity contribution in [1.82, 2.24) is 14.0 Å². The molecular weight excluding hydrogens is 388 g/mol. The number of esters is 1. The third-order valence-corrected chi connectivity index (χ3v) is 5.51. The van der Waals surface area contributed by atoms with E-state index in [2.05, 4.69) is 27.8 Å². The first-order valence-corrected chi connectivity index (χ1v) is 10.3. The molecule has 0 saturated carbocycles. The lowest BCUT2D eigenvalue weighted by Gasteiger charge is -2.09. The summed E-state index contributed by atoms with van der Waals surface area (Å²) in [5.41, 5.74) is 5.66. The minimum absolute atomic E-state index is 0.202. The normalized spacial score (nSPS) is 10.9. The zero-order chi connectivity index (χ0) is 21.8. The molecule has 0 radical (unpaired) electrons. The lowest BCUT2D eigenvalue weighted by Crippen LogP contribution is -2.08. The van der Waals surface area contributed by atoms with Crippen LogP contribution < -0.4 is 0 Å². The highest BCUT2D eigenvalue weighted by molar-refractivity contribution is 5.78. The molecule has 0 atom stereocenters. The summed E-state index contributed by atoms with van der Waals surface area (Å²) in [5, 5.41) is 9.39. The Kier molecular flexibility index (Phi) is 5.85. The Bertz CT molecular complexity index is 1260. The topological polar surface area (TPSA) is 72.3 Å². The largest absolute Gasteiger partial charge is 0.466 e. The van der Waals surface area contributed by atoms with Gasteiger partial charge in [0.05, 0.1) is 18.6 Å². The van der Waals surface area contributed by atoms with Crippen molar-refractivity contribution in [2.45, 2.75) is 33.2 Å². The molecule has 6 heteroatoms. The fraction of sp³-hybridized carbons (Fsp3) is 0.240. The second-order valence-electron chi connectivity index (χ2n) is 7.45. The predicted octanol–water partition coefficient (Wildman–Crippen LogP) is 4.06. The van der Waals surface area contributed by atoms with Gasteiger partial charge >= 0.3 is 5.97 Å². The van der Waals surface area contributed by atoms with E-state index < -0.39 is 0 Å². The number of hydrogen-bond donors (Lipinski definition) is 0. The van der Waals surface area contributed by atoms with E-state index in [1.807, 2.05) is 54.2 Å². The van der Waals surface area contributed by atoms with Crippen LogP contribution in [0.15, 0.2) is 61.1 Å². The number of benzene rings is 1. The Morgan fingerprint density at radius 1 is 1.19 bits per heavy atom. The monoisotopic (exact) mass is 412 g/mol.